The van der Waals surface area contributed by atoms with Crippen LogP contribution in [0, 0.1) is 12.3 Å². The number of carbonyl (C=O) groups is 1. The minimum Gasteiger partial charge on any atom is -0.464 e. The molecule has 0 aromatic carbocycles. The Labute approximate surface area is 120 Å². The molecule has 0 saturated heterocycles. The topological polar surface area (TPSA) is 59.5 Å². The predicted molar refractivity (Wildman–Crippen MR) is 77.0 cm³/mol. The molecule has 1 aromatic rings. The van der Waals surface area contributed by atoms with Gasteiger partial charge >= 0.3 is 0 Å². The van der Waals surface area contributed by atoms with E-state index in [1.54, 1.807) is 0 Å². The van der Waals surface area contributed by atoms with Gasteiger partial charge in [0.1, 0.15) is 11.5 Å². The third kappa shape index (κ3) is 2.75. The average Bonchev–Trinajstić information content (AvgIpc) is 3.14. The molecule has 1 amide bonds. The van der Waals surface area contributed by atoms with E-state index in [9.17, 15) is 4.79 Å². The molecule has 1 aromatic heterocycles. The van der Waals surface area contributed by atoms with Crippen LogP contribution in [0.3, 0.4) is 0 Å². The molecule has 0 bridgehead atoms. The number of rotatable bonds is 6. The Hall–Kier alpha value is -1.29. The average molecular weight is 276 g/mol. The van der Waals surface area contributed by atoms with Gasteiger partial charge in [0.05, 0.1) is 6.54 Å². The Morgan fingerprint density at radius 3 is 2.65 bits per heavy atom. The van der Waals surface area contributed by atoms with Gasteiger partial charge in [-0.05, 0) is 56.7 Å². The highest BCUT2D eigenvalue weighted by Crippen LogP contribution is 2.44. The van der Waals surface area contributed by atoms with Crippen molar-refractivity contribution in [1.82, 2.24) is 4.90 Å². The Morgan fingerprint density at radius 1 is 1.45 bits per heavy atom. The van der Waals surface area contributed by atoms with Crippen LogP contribution in [-0.2, 0) is 11.3 Å². The number of hydrogen-bond donors (Lipinski definition) is 1. The summed E-state index contributed by atoms with van der Waals surface area (Å²) in [5, 5.41) is 0. The Morgan fingerprint density at radius 2 is 2.20 bits per heavy atom. The molecule has 110 valence electrons. The maximum Gasteiger partial charge on any atom is 0.223 e. The number of hydrogen-bond acceptors (Lipinski definition) is 3. The van der Waals surface area contributed by atoms with Crippen LogP contribution in [0.2, 0.25) is 0 Å². The molecule has 20 heavy (non-hydrogen) atoms. The lowest BCUT2D eigenvalue weighted by atomic mass is 9.66. The Balaban J connectivity index is 1.65. The summed E-state index contributed by atoms with van der Waals surface area (Å²) in [6, 6.07) is 4.35. The van der Waals surface area contributed by atoms with Crippen LogP contribution in [0.4, 0.5) is 0 Å². The summed E-state index contributed by atoms with van der Waals surface area (Å²) in [6.45, 7) is 3.18. The van der Waals surface area contributed by atoms with Crippen LogP contribution in [0.1, 0.15) is 50.0 Å². The van der Waals surface area contributed by atoms with Gasteiger partial charge in [0.15, 0.2) is 0 Å². The van der Waals surface area contributed by atoms with E-state index in [2.05, 4.69) is 0 Å². The highest BCUT2D eigenvalue weighted by Gasteiger charge is 2.41. The van der Waals surface area contributed by atoms with Gasteiger partial charge in [0, 0.05) is 12.5 Å². The van der Waals surface area contributed by atoms with E-state index in [-0.39, 0.29) is 11.3 Å². The molecule has 0 unspecified atom stereocenters. The fourth-order valence-corrected chi connectivity index (χ4v) is 3.10. The second-order valence-corrected chi connectivity index (χ2v) is 6.50. The number of carbonyl (C=O) groups excluding carboxylic acids is 1. The highest BCUT2D eigenvalue weighted by atomic mass is 16.3. The summed E-state index contributed by atoms with van der Waals surface area (Å²) < 4.78 is 5.62. The number of nitrogens with zero attached hydrogens (tertiary/aromatic N) is 1. The SMILES string of the molecule is Cc1ccc(CN(C(=O)CC2(CN)CCC2)C2CC2)o1. The maximum absolute atomic E-state index is 12.6. The molecule has 2 aliphatic rings. The maximum atomic E-state index is 12.6. The van der Waals surface area contributed by atoms with Crippen LogP contribution in [0.25, 0.3) is 0 Å². The van der Waals surface area contributed by atoms with Gasteiger partial charge in [0.2, 0.25) is 5.91 Å². The minimum atomic E-state index is 0.0866. The molecule has 3 rings (SSSR count). The van der Waals surface area contributed by atoms with Crippen molar-refractivity contribution in [3.63, 3.8) is 0 Å². The molecule has 2 N–H and O–H groups in total. The van der Waals surface area contributed by atoms with Crippen molar-refractivity contribution in [1.29, 1.82) is 0 Å². The quantitative estimate of drug-likeness (QED) is 0.868. The smallest absolute Gasteiger partial charge is 0.223 e. The lowest BCUT2D eigenvalue weighted by Crippen LogP contribution is -2.43. The molecule has 4 nitrogen and oxygen atoms in total. The lowest BCUT2D eigenvalue weighted by Gasteiger charge is -2.41. The zero-order valence-corrected chi connectivity index (χ0v) is 12.2. The van der Waals surface area contributed by atoms with E-state index in [4.69, 9.17) is 10.2 Å². The molecule has 0 atom stereocenters. The molecule has 2 saturated carbocycles. The van der Waals surface area contributed by atoms with E-state index in [0.717, 1.165) is 37.2 Å². The van der Waals surface area contributed by atoms with Gasteiger partial charge in [-0.2, -0.15) is 0 Å². The van der Waals surface area contributed by atoms with Crippen LogP contribution in [-0.4, -0.2) is 23.4 Å². The normalized spacial score (nSPS) is 20.5. The van der Waals surface area contributed by atoms with Crippen molar-refractivity contribution in [3.05, 3.63) is 23.7 Å². The first kappa shape index (κ1) is 13.7. The van der Waals surface area contributed by atoms with Crippen molar-refractivity contribution in [2.45, 2.75) is 58.0 Å². The standard InChI is InChI=1S/C16H24N2O2/c1-12-3-6-14(20-12)10-18(13-4-5-13)15(19)9-16(11-17)7-2-8-16/h3,6,13H,2,4-5,7-11,17H2,1H3. The van der Waals surface area contributed by atoms with E-state index < -0.39 is 0 Å². The lowest BCUT2D eigenvalue weighted by molar-refractivity contribution is -0.136. The first-order valence-electron chi connectivity index (χ1n) is 7.67. The third-order valence-electron chi connectivity index (χ3n) is 4.80. The summed E-state index contributed by atoms with van der Waals surface area (Å²) in [6.07, 6.45) is 6.29. The summed E-state index contributed by atoms with van der Waals surface area (Å²) in [7, 11) is 0. The van der Waals surface area contributed by atoms with Crippen molar-refractivity contribution < 1.29 is 9.21 Å². The van der Waals surface area contributed by atoms with Gasteiger partial charge in [-0.3, -0.25) is 4.79 Å². The largest absolute Gasteiger partial charge is 0.464 e. The second kappa shape index (κ2) is 5.24. The van der Waals surface area contributed by atoms with E-state index >= 15 is 0 Å². The summed E-state index contributed by atoms with van der Waals surface area (Å²) in [4.78, 5) is 14.6. The van der Waals surface area contributed by atoms with Crippen LogP contribution >= 0.6 is 0 Å². The van der Waals surface area contributed by atoms with Crippen LogP contribution in [0.5, 0.6) is 0 Å². The predicted octanol–water partition coefficient (Wildman–Crippen LogP) is 2.60. The van der Waals surface area contributed by atoms with Crippen LogP contribution < -0.4 is 5.73 Å². The van der Waals surface area contributed by atoms with Crippen molar-refractivity contribution in [2.24, 2.45) is 11.1 Å². The molecule has 0 aliphatic heterocycles. The van der Waals surface area contributed by atoms with E-state index in [1.165, 1.54) is 6.42 Å². The number of nitrogens with two attached hydrogens (primary N) is 1. The number of aryl methyl sites for hydroxylation is 1. The van der Waals surface area contributed by atoms with Gasteiger partial charge in [-0.15, -0.1) is 0 Å². The fourth-order valence-electron chi connectivity index (χ4n) is 3.10. The molecule has 4 heteroatoms. The Kier molecular flexibility index (Phi) is 3.59. The molecular formula is C16H24N2O2. The van der Waals surface area contributed by atoms with Crippen molar-refractivity contribution in [3.8, 4) is 0 Å². The van der Waals surface area contributed by atoms with Crippen LogP contribution in [0.15, 0.2) is 16.5 Å². The summed E-state index contributed by atoms with van der Waals surface area (Å²) in [5.41, 5.74) is 5.96. The van der Waals surface area contributed by atoms with E-state index in [0.29, 0.717) is 25.6 Å². The second-order valence-electron chi connectivity index (χ2n) is 6.50. The molecule has 1 heterocycles. The first-order valence-corrected chi connectivity index (χ1v) is 7.67. The third-order valence-corrected chi connectivity index (χ3v) is 4.80. The Bertz CT molecular complexity index is 481. The molecule has 0 spiro atoms. The summed E-state index contributed by atoms with van der Waals surface area (Å²) in [5.74, 6) is 2.05. The molecule has 2 aliphatic carbocycles. The zero-order valence-electron chi connectivity index (χ0n) is 12.2. The van der Waals surface area contributed by atoms with Gasteiger partial charge in [-0.25, -0.2) is 0 Å². The zero-order chi connectivity index (χ0) is 14.2. The van der Waals surface area contributed by atoms with Crippen molar-refractivity contribution in [2.75, 3.05) is 6.54 Å². The number of furan rings is 1. The fraction of sp³-hybridized carbons (Fsp3) is 0.688. The van der Waals surface area contributed by atoms with E-state index in [1.807, 2.05) is 24.0 Å². The molecule has 0 radical (unpaired) electrons. The van der Waals surface area contributed by atoms with Gasteiger partial charge < -0.3 is 15.1 Å². The van der Waals surface area contributed by atoms with Gasteiger partial charge in [0.25, 0.3) is 0 Å². The molecule has 2 fully saturated rings. The summed E-state index contributed by atoms with van der Waals surface area (Å²) >= 11 is 0. The monoisotopic (exact) mass is 276 g/mol. The van der Waals surface area contributed by atoms with Crippen molar-refractivity contribution >= 4 is 5.91 Å². The first-order chi connectivity index (χ1) is 9.62. The molecular weight excluding hydrogens is 252 g/mol. The number of amides is 1. The van der Waals surface area contributed by atoms with Gasteiger partial charge in [-0.1, -0.05) is 6.42 Å². The minimum absolute atomic E-state index is 0.0866. The highest BCUT2D eigenvalue weighted by molar-refractivity contribution is 5.77.